The second-order valence-corrected chi connectivity index (χ2v) is 4.38. The lowest BCUT2D eigenvalue weighted by Gasteiger charge is -2.14. The Labute approximate surface area is 98.3 Å². The molecule has 0 amide bonds. The van der Waals surface area contributed by atoms with Crippen LogP contribution in [0.25, 0.3) is 0 Å². The van der Waals surface area contributed by atoms with Crippen LogP contribution in [-0.2, 0) is 9.47 Å². The normalized spacial score (nSPS) is 22.5. The van der Waals surface area contributed by atoms with Gasteiger partial charge in [-0.25, -0.2) is 0 Å². The van der Waals surface area contributed by atoms with Crippen LogP contribution in [0.3, 0.4) is 0 Å². The Kier molecular flexibility index (Phi) is 7.76. The zero-order chi connectivity index (χ0) is 11.6. The van der Waals surface area contributed by atoms with Crippen LogP contribution in [0.4, 0.5) is 0 Å². The van der Waals surface area contributed by atoms with Gasteiger partial charge in [-0.3, -0.25) is 0 Å². The van der Waals surface area contributed by atoms with Gasteiger partial charge in [-0.15, -0.1) is 0 Å². The Morgan fingerprint density at radius 1 is 1.56 bits per heavy atom. The summed E-state index contributed by atoms with van der Waals surface area (Å²) in [6.45, 7) is 5.62. The maximum Gasteiger partial charge on any atom is 0.0897 e. The monoisotopic (exact) mass is 231 g/mol. The number of aliphatic hydroxyl groups is 1. The molecule has 0 bridgehead atoms. The van der Waals surface area contributed by atoms with E-state index in [0.29, 0.717) is 19.3 Å². The summed E-state index contributed by atoms with van der Waals surface area (Å²) in [4.78, 5) is 0. The Hall–Kier alpha value is -0.160. The third kappa shape index (κ3) is 6.43. The minimum atomic E-state index is -0.404. The Bertz CT molecular complexity index is 160. The van der Waals surface area contributed by atoms with Crippen LogP contribution >= 0.6 is 0 Å². The van der Waals surface area contributed by atoms with E-state index in [4.69, 9.17) is 9.47 Å². The first-order valence-electron chi connectivity index (χ1n) is 6.41. The first-order valence-corrected chi connectivity index (χ1v) is 6.41. The molecule has 1 fully saturated rings. The summed E-state index contributed by atoms with van der Waals surface area (Å²) in [5.41, 5.74) is 0. The summed E-state index contributed by atoms with van der Waals surface area (Å²) in [5.74, 6) is 0. The smallest absolute Gasteiger partial charge is 0.0897 e. The van der Waals surface area contributed by atoms with E-state index in [1.54, 1.807) is 0 Å². The zero-order valence-corrected chi connectivity index (χ0v) is 10.3. The van der Waals surface area contributed by atoms with Crippen molar-refractivity contribution in [2.24, 2.45) is 0 Å². The van der Waals surface area contributed by atoms with Gasteiger partial charge in [0.05, 0.1) is 18.8 Å². The highest BCUT2D eigenvalue weighted by molar-refractivity contribution is 4.68. The van der Waals surface area contributed by atoms with Crippen molar-refractivity contribution in [1.82, 2.24) is 5.32 Å². The van der Waals surface area contributed by atoms with Crippen LogP contribution in [0.15, 0.2) is 0 Å². The van der Waals surface area contributed by atoms with E-state index in [9.17, 15) is 5.11 Å². The molecule has 1 heterocycles. The van der Waals surface area contributed by atoms with Gasteiger partial charge in [0, 0.05) is 26.3 Å². The number of unbranched alkanes of at least 4 members (excludes halogenated alkanes) is 1. The summed E-state index contributed by atoms with van der Waals surface area (Å²) < 4.78 is 10.8. The minimum absolute atomic E-state index is 0.341. The second kappa shape index (κ2) is 8.93. The highest BCUT2D eigenvalue weighted by Crippen LogP contribution is 2.10. The number of hydrogen-bond donors (Lipinski definition) is 2. The van der Waals surface area contributed by atoms with E-state index in [2.05, 4.69) is 12.2 Å². The fourth-order valence-corrected chi connectivity index (χ4v) is 1.74. The standard InChI is InChI=1S/C12H25NO3/c1-2-3-6-15-10-11(14)8-13-9-12-5-4-7-16-12/h11-14H,2-10H2,1H3. The van der Waals surface area contributed by atoms with Gasteiger partial charge >= 0.3 is 0 Å². The average molecular weight is 231 g/mol. The van der Waals surface area contributed by atoms with E-state index in [1.165, 1.54) is 0 Å². The quantitative estimate of drug-likeness (QED) is 0.580. The highest BCUT2D eigenvalue weighted by Gasteiger charge is 2.15. The molecule has 1 aliphatic heterocycles. The van der Waals surface area contributed by atoms with Crippen molar-refractivity contribution in [3.05, 3.63) is 0 Å². The summed E-state index contributed by atoms with van der Waals surface area (Å²) >= 11 is 0. The van der Waals surface area contributed by atoms with E-state index >= 15 is 0 Å². The molecule has 0 aromatic rings. The van der Waals surface area contributed by atoms with Crippen molar-refractivity contribution in [3.8, 4) is 0 Å². The van der Waals surface area contributed by atoms with E-state index in [-0.39, 0.29) is 0 Å². The van der Waals surface area contributed by atoms with Gasteiger partial charge in [0.15, 0.2) is 0 Å². The molecule has 1 aliphatic rings. The summed E-state index contributed by atoms with van der Waals surface area (Å²) in [5, 5.41) is 12.8. The topological polar surface area (TPSA) is 50.7 Å². The highest BCUT2D eigenvalue weighted by atomic mass is 16.5. The van der Waals surface area contributed by atoms with Crippen LogP contribution in [0.5, 0.6) is 0 Å². The van der Waals surface area contributed by atoms with E-state index in [1.807, 2.05) is 0 Å². The molecule has 4 nitrogen and oxygen atoms in total. The number of nitrogens with one attached hydrogen (secondary N) is 1. The van der Waals surface area contributed by atoms with Gasteiger partial charge in [-0.05, 0) is 19.3 Å². The van der Waals surface area contributed by atoms with Crippen LogP contribution in [0.2, 0.25) is 0 Å². The molecule has 0 aromatic carbocycles. The van der Waals surface area contributed by atoms with Gasteiger partial charge in [-0.2, -0.15) is 0 Å². The fraction of sp³-hybridized carbons (Fsp3) is 1.00. The molecule has 1 rings (SSSR count). The fourth-order valence-electron chi connectivity index (χ4n) is 1.74. The van der Waals surface area contributed by atoms with Crippen LogP contribution in [0, 0.1) is 0 Å². The minimum Gasteiger partial charge on any atom is -0.389 e. The summed E-state index contributed by atoms with van der Waals surface area (Å²) in [6.07, 6.45) is 4.43. The SMILES string of the molecule is CCCCOCC(O)CNCC1CCCO1. The summed E-state index contributed by atoms with van der Waals surface area (Å²) in [6, 6.07) is 0. The number of rotatable bonds is 9. The Morgan fingerprint density at radius 2 is 2.44 bits per heavy atom. The molecular weight excluding hydrogens is 206 g/mol. The van der Waals surface area contributed by atoms with Gasteiger partial charge in [0.1, 0.15) is 0 Å². The molecular formula is C12H25NO3. The molecule has 0 spiro atoms. The first-order chi connectivity index (χ1) is 7.83. The maximum atomic E-state index is 9.59. The molecule has 0 aromatic heterocycles. The Morgan fingerprint density at radius 3 is 3.12 bits per heavy atom. The molecule has 2 N–H and O–H groups in total. The van der Waals surface area contributed by atoms with Crippen molar-refractivity contribution in [1.29, 1.82) is 0 Å². The molecule has 1 saturated heterocycles. The van der Waals surface area contributed by atoms with E-state index < -0.39 is 6.10 Å². The number of hydrogen-bond acceptors (Lipinski definition) is 4. The lowest BCUT2D eigenvalue weighted by Crippen LogP contribution is -2.35. The Balaban J connectivity index is 1.87. The predicted molar refractivity (Wildman–Crippen MR) is 63.6 cm³/mol. The second-order valence-electron chi connectivity index (χ2n) is 4.38. The molecule has 0 aliphatic carbocycles. The largest absolute Gasteiger partial charge is 0.389 e. The van der Waals surface area contributed by atoms with Gasteiger partial charge < -0.3 is 19.9 Å². The van der Waals surface area contributed by atoms with E-state index in [0.717, 1.165) is 45.4 Å². The van der Waals surface area contributed by atoms with Gasteiger partial charge in [-0.1, -0.05) is 13.3 Å². The molecule has 4 heteroatoms. The maximum absolute atomic E-state index is 9.59. The third-order valence-electron chi connectivity index (χ3n) is 2.73. The zero-order valence-electron chi connectivity index (χ0n) is 10.3. The molecule has 16 heavy (non-hydrogen) atoms. The number of aliphatic hydroxyl groups excluding tert-OH is 1. The molecule has 2 unspecified atom stereocenters. The van der Waals surface area contributed by atoms with Crippen molar-refractivity contribution in [2.75, 3.05) is 32.9 Å². The van der Waals surface area contributed by atoms with Crippen molar-refractivity contribution < 1.29 is 14.6 Å². The predicted octanol–water partition coefficient (Wildman–Crippen LogP) is 0.933. The lowest BCUT2D eigenvalue weighted by atomic mass is 10.2. The molecule has 2 atom stereocenters. The van der Waals surface area contributed by atoms with Crippen LogP contribution in [0.1, 0.15) is 32.6 Å². The molecule has 0 radical (unpaired) electrons. The first kappa shape index (κ1) is 13.9. The molecule has 96 valence electrons. The number of ether oxygens (including phenoxy) is 2. The van der Waals surface area contributed by atoms with Crippen LogP contribution in [-0.4, -0.2) is 50.2 Å². The lowest BCUT2D eigenvalue weighted by molar-refractivity contribution is 0.0332. The molecule has 0 saturated carbocycles. The van der Waals surface area contributed by atoms with Crippen molar-refractivity contribution >= 4 is 0 Å². The van der Waals surface area contributed by atoms with Gasteiger partial charge in [0.25, 0.3) is 0 Å². The summed E-state index contributed by atoms with van der Waals surface area (Å²) in [7, 11) is 0. The van der Waals surface area contributed by atoms with Crippen LogP contribution < -0.4 is 5.32 Å². The third-order valence-corrected chi connectivity index (χ3v) is 2.73. The average Bonchev–Trinajstić information content (AvgIpc) is 2.77. The van der Waals surface area contributed by atoms with Gasteiger partial charge in [0.2, 0.25) is 0 Å². The van der Waals surface area contributed by atoms with Crippen molar-refractivity contribution in [3.63, 3.8) is 0 Å². The van der Waals surface area contributed by atoms with Crippen molar-refractivity contribution in [2.45, 2.75) is 44.8 Å².